The minimum atomic E-state index is -1.08. The molecule has 0 atom stereocenters. The maximum absolute atomic E-state index is 12.0. The zero-order valence-electron chi connectivity index (χ0n) is 11.3. The molecule has 6 nitrogen and oxygen atoms in total. The quantitative estimate of drug-likeness (QED) is 0.865. The zero-order chi connectivity index (χ0) is 14.8. The van der Waals surface area contributed by atoms with E-state index in [-0.39, 0.29) is 5.91 Å². The molecule has 0 unspecified atom stereocenters. The molecule has 3 N–H and O–H groups in total. The van der Waals surface area contributed by atoms with Crippen molar-refractivity contribution < 1.29 is 9.59 Å². The Morgan fingerprint density at radius 2 is 1.90 bits per heavy atom. The lowest BCUT2D eigenvalue weighted by molar-refractivity contribution is -0.122. The molecule has 0 aliphatic rings. The van der Waals surface area contributed by atoms with Crippen LogP contribution in [0.4, 0.5) is 0 Å². The number of primary amides is 1. The number of hydrogen-bond donors (Lipinski definition) is 2. The minimum absolute atomic E-state index is 0.342. The zero-order valence-corrected chi connectivity index (χ0v) is 11.3. The second-order valence-corrected chi connectivity index (χ2v) is 4.96. The number of rotatable bonds is 4. The third-order valence-electron chi connectivity index (χ3n) is 2.97. The van der Waals surface area contributed by atoms with Gasteiger partial charge in [0.25, 0.3) is 5.91 Å². The predicted molar refractivity (Wildman–Crippen MR) is 74.3 cm³/mol. The van der Waals surface area contributed by atoms with E-state index in [9.17, 15) is 9.59 Å². The van der Waals surface area contributed by atoms with Crippen LogP contribution in [0.2, 0.25) is 0 Å². The summed E-state index contributed by atoms with van der Waals surface area (Å²) < 4.78 is 1.83. The lowest BCUT2D eigenvalue weighted by Crippen LogP contribution is -2.52. The van der Waals surface area contributed by atoms with E-state index in [2.05, 4.69) is 10.3 Å². The van der Waals surface area contributed by atoms with Crippen LogP contribution in [0.1, 0.15) is 24.2 Å². The molecule has 0 spiro atoms. The summed E-state index contributed by atoms with van der Waals surface area (Å²) in [4.78, 5) is 27.2. The Hall–Kier alpha value is -2.63. The first kappa shape index (κ1) is 13.8. The maximum atomic E-state index is 12.0. The molecule has 0 radical (unpaired) electrons. The summed E-state index contributed by atoms with van der Waals surface area (Å²) in [6, 6.07) is 6.96. The van der Waals surface area contributed by atoms with E-state index in [0.29, 0.717) is 5.56 Å². The molecule has 0 bridgehead atoms. The Balaban J connectivity index is 2.14. The van der Waals surface area contributed by atoms with Gasteiger partial charge in [-0.3, -0.25) is 9.59 Å². The summed E-state index contributed by atoms with van der Waals surface area (Å²) in [7, 11) is 0. The van der Waals surface area contributed by atoms with Crippen molar-refractivity contribution in [3.05, 3.63) is 48.5 Å². The van der Waals surface area contributed by atoms with Gasteiger partial charge in [0.1, 0.15) is 5.54 Å². The molecule has 0 saturated carbocycles. The van der Waals surface area contributed by atoms with Crippen molar-refractivity contribution in [2.75, 3.05) is 0 Å². The van der Waals surface area contributed by atoms with Gasteiger partial charge in [-0.05, 0) is 38.1 Å². The Morgan fingerprint density at radius 1 is 1.25 bits per heavy atom. The third-order valence-corrected chi connectivity index (χ3v) is 2.97. The van der Waals surface area contributed by atoms with Crippen LogP contribution in [-0.2, 0) is 4.79 Å². The highest BCUT2D eigenvalue weighted by Crippen LogP contribution is 2.10. The van der Waals surface area contributed by atoms with Crippen LogP contribution < -0.4 is 11.1 Å². The van der Waals surface area contributed by atoms with Crippen molar-refractivity contribution in [2.24, 2.45) is 5.73 Å². The number of imidazole rings is 1. The smallest absolute Gasteiger partial charge is 0.252 e. The highest BCUT2D eigenvalue weighted by atomic mass is 16.2. The van der Waals surface area contributed by atoms with Gasteiger partial charge in [-0.1, -0.05) is 0 Å². The molecule has 1 heterocycles. The van der Waals surface area contributed by atoms with Crippen LogP contribution in [0.15, 0.2) is 43.0 Å². The molecule has 0 aliphatic carbocycles. The molecule has 1 aromatic carbocycles. The fourth-order valence-electron chi connectivity index (χ4n) is 1.61. The lowest BCUT2D eigenvalue weighted by atomic mass is 10.0. The summed E-state index contributed by atoms with van der Waals surface area (Å²) in [6.07, 6.45) is 5.16. The van der Waals surface area contributed by atoms with E-state index in [1.165, 1.54) is 0 Å². The Bertz CT molecular complexity index is 615. The highest BCUT2D eigenvalue weighted by Gasteiger charge is 2.27. The first-order chi connectivity index (χ1) is 9.40. The number of aromatic nitrogens is 2. The lowest BCUT2D eigenvalue weighted by Gasteiger charge is -2.22. The number of nitrogens with two attached hydrogens (primary N) is 1. The van der Waals surface area contributed by atoms with Crippen molar-refractivity contribution in [1.29, 1.82) is 0 Å². The summed E-state index contributed by atoms with van der Waals surface area (Å²) in [5, 5.41) is 2.59. The van der Waals surface area contributed by atoms with Gasteiger partial charge >= 0.3 is 0 Å². The number of benzene rings is 1. The normalized spacial score (nSPS) is 11.1. The van der Waals surface area contributed by atoms with Gasteiger partial charge in [-0.25, -0.2) is 4.98 Å². The monoisotopic (exact) mass is 272 g/mol. The molecule has 2 amide bonds. The molecule has 2 aromatic rings. The molecule has 20 heavy (non-hydrogen) atoms. The van der Waals surface area contributed by atoms with Gasteiger partial charge in [0.2, 0.25) is 5.91 Å². The van der Waals surface area contributed by atoms with Crippen molar-refractivity contribution in [3.8, 4) is 5.69 Å². The van der Waals surface area contributed by atoms with E-state index in [0.717, 1.165) is 5.69 Å². The first-order valence-corrected chi connectivity index (χ1v) is 6.11. The van der Waals surface area contributed by atoms with Crippen LogP contribution in [-0.4, -0.2) is 26.9 Å². The third kappa shape index (κ3) is 2.85. The Morgan fingerprint density at radius 3 is 2.40 bits per heavy atom. The first-order valence-electron chi connectivity index (χ1n) is 6.11. The van der Waals surface area contributed by atoms with Gasteiger partial charge in [0.05, 0.1) is 6.33 Å². The molecule has 104 valence electrons. The van der Waals surface area contributed by atoms with Gasteiger partial charge in [0.15, 0.2) is 0 Å². The Labute approximate surface area is 116 Å². The van der Waals surface area contributed by atoms with Crippen molar-refractivity contribution in [2.45, 2.75) is 19.4 Å². The minimum Gasteiger partial charge on any atom is -0.368 e. The van der Waals surface area contributed by atoms with E-state index in [1.807, 2.05) is 10.8 Å². The van der Waals surface area contributed by atoms with E-state index < -0.39 is 11.4 Å². The predicted octanol–water partition coefficient (Wildman–Crippen LogP) is 0.866. The van der Waals surface area contributed by atoms with E-state index in [4.69, 9.17) is 5.73 Å². The van der Waals surface area contributed by atoms with Crippen molar-refractivity contribution >= 4 is 11.8 Å². The second kappa shape index (κ2) is 5.16. The number of carbonyl (C=O) groups is 2. The molecule has 0 fully saturated rings. The van der Waals surface area contributed by atoms with Crippen LogP contribution in [0.5, 0.6) is 0 Å². The van der Waals surface area contributed by atoms with E-state index >= 15 is 0 Å². The van der Waals surface area contributed by atoms with Gasteiger partial charge < -0.3 is 15.6 Å². The van der Waals surface area contributed by atoms with Crippen LogP contribution in [0, 0.1) is 0 Å². The maximum Gasteiger partial charge on any atom is 0.252 e. The molecular formula is C14H16N4O2. The fourth-order valence-corrected chi connectivity index (χ4v) is 1.61. The van der Waals surface area contributed by atoms with E-state index in [1.54, 1.807) is 50.6 Å². The summed E-state index contributed by atoms with van der Waals surface area (Å²) in [6.45, 7) is 3.13. The standard InChI is InChI=1S/C14H16N4O2/c1-14(2,13(15)20)17-12(19)10-3-5-11(6-4-10)18-8-7-16-9-18/h3-9H,1-2H3,(H2,15,20)(H,17,19). The van der Waals surface area contributed by atoms with Crippen molar-refractivity contribution in [3.63, 3.8) is 0 Å². The van der Waals surface area contributed by atoms with Gasteiger partial charge in [0, 0.05) is 23.6 Å². The van der Waals surface area contributed by atoms with Crippen LogP contribution >= 0.6 is 0 Å². The van der Waals surface area contributed by atoms with Crippen LogP contribution in [0.3, 0.4) is 0 Å². The average molecular weight is 272 g/mol. The van der Waals surface area contributed by atoms with Crippen molar-refractivity contribution in [1.82, 2.24) is 14.9 Å². The Kier molecular flexibility index (Phi) is 3.56. The summed E-state index contributed by atoms with van der Waals surface area (Å²) in [5.41, 5.74) is 5.50. The molecule has 0 saturated heterocycles. The van der Waals surface area contributed by atoms with Gasteiger partial charge in [-0.2, -0.15) is 0 Å². The molecule has 2 rings (SSSR count). The highest BCUT2D eigenvalue weighted by molar-refractivity contribution is 5.98. The largest absolute Gasteiger partial charge is 0.368 e. The second-order valence-electron chi connectivity index (χ2n) is 4.96. The SMILES string of the molecule is CC(C)(NC(=O)c1ccc(-n2ccnc2)cc1)C(N)=O. The average Bonchev–Trinajstić information content (AvgIpc) is 2.92. The topological polar surface area (TPSA) is 90.0 Å². The fraction of sp³-hybridized carbons (Fsp3) is 0.214. The summed E-state index contributed by atoms with van der Waals surface area (Å²) in [5.74, 6) is -0.924. The molecular weight excluding hydrogens is 256 g/mol. The number of carbonyl (C=O) groups excluding carboxylic acids is 2. The molecule has 1 aromatic heterocycles. The molecule has 6 heteroatoms. The number of hydrogen-bond acceptors (Lipinski definition) is 3. The van der Waals surface area contributed by atoms with Gasteiger partial charge in [-0.15, -0.1) is 0 Å². The number of nitrogens with zero attached hydrogens (tertiary/aromatic N) is 2. The molecule has 0 aliphatic heterocycles. The summed E-state index contributed by atoms with van der Waals surface area (Å²) >= 11 is 0. The van der Waals surface area contributed by atoms with Crippen LogP contribution in [0.25, 0.3) is 5.69 Å². The number of nitrogens with one attached hydrogen (secondary N) is 1. The number of amides is 2.